The van der Waals surface area contributed by atoms with E-state index in [1.165, 1.54) is 11.1 Å². The highest BCUT2D eigenvalue weighted by atomic mass is 79.9. The molecule has 0 fully saturated rings. The van der Waals surface area contributed by atoms with Crippen molar-refractivity contribution in [1.82, 2.24) is 0 Å². The highest BCUT2D eigenvalue weighted by Crippen LogP contribution is 2.20. The van der Waals surface area contributed by atoms with Crippen molar-refractivity contribution < 1.29 is 4.74 Å². The second kappa shape index (κ2) is 7.34. The van der Waals surface area contributed by atoms with Gasteiger partial charge in [0.1, 0.15) is 5.75 Å². The average molecular weight is 319 g/mol. The van der Waals surface area contributed by atoms with Crippen LogP contribution in [0.5, 0.6) is 5.75 Å². The number of methoxy groups -OCH3 is 1. The minimum absolute atomic E-state index is 0.606. The van der Waals surface area contributed by atoms with Gasteiger partial charge in [-0.15, -0.1) is 0 Å². The summed E-state index contributed by atoms with van der Waals surface area (Å²) in [5.74, 6) is 1.54. The van der Waals surface area contributed by atoms with Gasteiger partial charge in [0, 0.05) is 5.33 Å². The van der Waals surface area contributed by atoms with Gasteiger partial charge in [0.2, 0.25) is 0 Å². The van der Waals surface area contributed by atoms with Gasteiger partial charge in [-0.2, -0.15) is 0 Å². The summed E-state index contributed by atoms with van der Waals surface area (Å²) in [6.45, 7) is 0. The highest BCUT2D eigenvalue weighted by Gasteiger charge is 2.10. The number of halogens is 1. The first-order valence-corrected chi connectivity index (χ1v) is 7.67. The predicted molar refractivity (Wildman–Crippen MR) is 84.1 cm³/mol. The van der Waals surface area contributed by atoms with Gasteiger partial charge < -0.3 is 4.74 Å². The van der Waals surface area contributed by atoms with Gasteiger partial charge in [-0.1, -0.05) is 58.4 Å². The van der Waals surface area contributed by atoms with E-state index in [1.807, 2.05) is 6.07 Å². The third-order valence-corrected chi connectivity index (χ3v) is 4.16. The normalized spacial score (nSPS) is 12.1. The lowest BCUT2D eigenvalue weighted by Crippen LogP contribution is -2.10. The topological polar surface area (TPSA) is 9.23 Å². The number of hydrogen-bond acceptors (Lipinski definition) is 1. The Bertz CT molecular complexity index is 496. The monoisotopic (exact) mass is 318 g/mol. The Labute approximate surface area is 123 Å². The van der Waals surface area contributed by atoms with Gasteiger partial charge >= 0.3 is 0 Å². The van der Waals surface area contributed by atoms with Gasteiger partial charge in [-0.05, 0) is 42.0 Å². The Morgan fingerprint density at radius 1 is 0.947 bits per heavy atom. The van der Waals surface area contributed by atoms with Crippen molar-refractivity contribution in [2.24, 2.45) is 5.92 Å². The van der Waals surface area contributed by atoms with Gasteiger partial charge in [0.05, 0.1) is 7.11 Å². The molecule has 1 atom stereocenters. The zero-order valence-corrected chi connectivity index (χ0v) is 12.8. The minimum Gasteiger partial charge on any atom is -0.497 e. The third kappa shape index (κ3) is 4.39. The average Bonchev–Trinajstić information content (AvgIpc) is 2.48. The molecule has 0 saturated heterocycles. The van der Waals surface area contributed by atoms with E-state index in [4.69, 9.17) is 4.74 Å². The molecule has 0 aliphatic heterocycles. The molecule has 0 N–H and O–H groups in total. The summed E-state index contributed by atoms with van der Waals surface area (Å²) in [6.07, 6.45) is 2.17. The fourth-order valence-electron chi connectivity index (χ4n) is 2.26. The maximum atomic E-state index is 5.28. The molecule has 0 heterocycles. The number of rotatable bonds is 6. The van der Waals surface area contributed by atoms with Crippen molar-refractivity contribution in [3.8, 4) is 5.75 Å². The van der Waals surface area contributed by atoms with Crippen LogP contribution in [0.1, 0.15) is 11.1 Å². The summed E-state index contributed by atoms with van der Waals surface area (Å²) in [6, 6.07) is 19.0. The highest BCUT2D eigenvalue weighted by molar-refractivity contribution is 9.09. The maximum absolute atomic E-state index is 5.28. The first-order chi connectivity index (χ1) is 9.31. The molecule has 2 aromatic rings. The molecule has 0 aromatic heterocycles. The van der Waals surface area contributed by atoms with Crippen LogP contribution in [0.3, 0.4) is 0 Å². The van der Waals surface area contributed by atoms with Crippen LogP contribution in [-0.2, 0) is 12.8 Å². The molecule has 0 spiro atoms. The molecule has 1 nitrogen and oxygen atoms in total. The van der Waals surface area contributed by atoms with Crippen LogP contribution in [0.4, 0.5) is 0 Å². The van der Waals surface area contributed by atoms with E-state index >= 15 is 0 Å². The summed E-state index contributed by atoms with van der Waals surface area (Å²) in [5, 5.41) is 1.01. The van der Waals surface area contributed by atoms with Crippen molar-refractivity contribution in [2.45, 2.75) is 12.8 Å². The SMILES string of the molecule is COc1cccc(CC(CBr)Cc2ccccc2)c1. The third-order valence-electron chi connectivity index (χ3n) is 3.24. The molecule has 0 radical (unpaired) electrons. The molecule has 2 heteroatoms. The Morgan fingerprint density at radius 2 is 1.63 bits per heavy atom. The summed E-state index contributed by atoms with van der Waals surface area (Å²) >= 11 is 3.64. The van der Waals surface area contributed by atoms with Gasteiger partial charge in [0.25, 0.3) is 0 Å². The first kappa shape index (κ1) is 14.1. The predicted octanol–water partition coefficient (Wildman–Crippen LogP) is 4.49. The molecular weight excluding hydrogens is 300 g/mol. The van der Waals surface area contributed by atoms with Crippen LogP contribution >= 0.6 is 15.9 Å². The molecule has 100 valence electrons. The molecule has 2 aromatic carbocycles. The fourth-order valence-corrected chi connectivity index (χ4v) is 2.72. The zero-order valence-electron chi connectivity index (χ0n) is 11.2. The smallest absolute Gasteiger partial charge is 0.119 e. The lowest BCUT2D eigenvalue weighted by molar-refractivity contribution is 0.414. The van der Waals surface area contributed by atoms with E-state index in [9.17, 15) is 0 Å². The Kier molecular flexibility index (Phi) is 5.46. The second-order valence-electron chi connectivity index (χ2n) is 4.77. The van der Waals surface area contributed by atoms with E-state index in [0.717, 1.165) is 23.9 Å². The van der Waals surface area contributed by atoms with E-state index in [0.29, 0.717) is 5.92 Å². The van der Waals surface area contributed by atoms with Crippen molar-refractivity contribution in [3.63, 3.8) is 0 Å². The summed E-state index contributed by atoms with van der Waals surface area (Å²) in [5.41, 5.74) is 2.73. The molecule has 0 amide bonds. The van der Waals surface area contributed by atoms with E-state index in [1.54, 1.807) is 7.11 Å². The van der Waals surface area contributed by atoms with E-state index in [-0.39, 0.29) is 0 Å². The lowest BCUT2D eigenvalue weighted by atomic mass is 9.94. The summed E-state index contributed by atoms with van der Waals surface area (Å²) < 4.78 is 5.28. The van der Waals surface area contributed by atoms with Gasteiger partial charge in [0.15, 0.2) is 0 Å². The maximum Gasteiger partial charge on any atom is 0.119 e. The number of hydrogen-bond donors (Lipinski definition) is 0. The summed E-state index contributed by atoms with van der Waals surface area (Å²) in [7, 11) is 1.71. The largest absolute Gasteiger partial charge is 0.497 e. The van der Waals surface area contributed by atoms with Crippen LogP contribution in [0, 0.1) is 5.92 Å². The molecule has 2 rings (SSSR count). The van der Waals surface area contributed by atoms with E-state index in [2.05, 4.69) is 64.5 Å². The molecule has 0 bridgehead atoms. The van der Waals surface area contributed by atoms with Crippen LogP contribution in [0.15, 0.2) is 54.6 Å². The first-order valence-electron chi connectivity index (χ1n) is 6.54. The molecule has 19 heavy (non-hydrogen) atoms. The molecule has 0 saturated carbocycles. The number of benzene rings is 2. The van der Waals surface area contributed by atoms with Crippen molar-refractivity contribution in [1.29, 1.82) is 0 Å². The van der Waals surface area contributed by atoms with Crippen molar-refractivity contribution >= 4 is 15.9 Å². The quantitative estimate of drug-likeness (QED) is 0.713. The molecule has 0 aliphatic rings. The second-order valence-corrected chi connectivity index (χ2v) is 5.41. The van der Waals surface area contributed by atoms with Crippen LogP contribution in [0.2, 0.25) is 0 Å². The standard InChI is InChI=1S/C17H19BrO/c1-19-17-9-5-8-15(12-17)11-16(13-18)10-14-6-3-2-4-7-14/h2-9,12,16H,10-11,13H2,1H3. The lowest BCUT2D eigenvalue weighted by Gasteiger charge is -2.14. The van der Waals surface area contributed by atoms with Crippen molar-refractivity contribution in [3.05, 3.63) is 65.7 Å². The van der Waals surface area contributed by atoms with Crippen LogP contribution < -0.4 is 4.74 Å². The van der Waals surface area contributed by atoms with E-state index < -0.39 is 0 Å². The Hall–Kier alpha value is -1.28. The van der Waals surface area contributed by atoms with Crippen LogP contribution in [0.25, 0.3) is 0 Å². The number of alkyl halides is 1. The van der Waals surface area contributed by atoms with Crippen LogP contribution in [-0.4, -0.2) is 12.4 Å². The molecular formula is C17H19BrO. The summed E-state index contributed by atoms with van der Waals surface area (Å²) in [4.78, 5) is 0. The minimum atomic E-state index is 0.606. The van der Waals surface area contributed by atoms with Crippen molar-refractivity contribution in [2.75, 3.05) is 12.4 Å². The molecule has 1 unspecified atom stereocenters. The Balaban J connectivity index is 2.02. The fraction of sp³-hybridized carbons (Fsp3) is 0.294. The number of ether oxygens (including phenoxy) is 1. The van der Waals surface area contributed by atoms with Gasteiger partial charge in [-0.3, -0.25) is 0 Å². The molecule has 0 aliphatic carbocycles. The van der Waals surface area contributed by atoms with Gasteiger partial charge in [-0.25, -0.2) is 0 Å². The Morgan fingerprint density at radius 3 is 2.32 bits per heavy atom. The zero-order chi connectivity index (χ0) is 13.5.